The molecule has 0 radical (unpaired) electrons. The fourth-order valence-electron chi connectivity index (χ4n) is 2.70. The predicted octanol–water partition coefficient (Wildman–Crippen LogP) is 5.27. The van der Waals surface area contributed by atoms with Gasteiger partial charge in [0.05, 0.1) is 5.56 Å². The molecule has 25 heavy (non-hydrogen) atoms. The van der Waals surface area contributed by atoms with Crippen molar-refractivity contribution in [2.45, 2.75) is 26.7 Å². The van der Waals surface area contributed by atoms with Crippen LogP contribution in [0, 0.1) is 17.7 Å². The van der Waals surface area contributed by atoms with Crippen molar-refractivity contribution in [1.29, 1.82) is 0 Å². The van der Waals surface area contributed by atoms with E-state index >= 15 is 0 Å². The Morgan fingerprint density at radius 3 is 2.16 bits per heavy atom. The van der Waals surface area contributed by atoms with Crippen LogP contribution in [-0.4, -0.2) is 9.97 Å². The molecule has 0 atom stereocenters. The number of aromatic nitrogens is 2. The first-order valence-electron chi connectivity index (χ1n) is 8.35. The summed E-state index contributed by atoms with van der Waals surface area (Å²) in [5.74, 6) is 6.26. The number of hydrogen-bond donors (Lipinski definition) is 0. The summed E-state index contributed by atoms with van der Waals surface area (Å²) in [7, 11) is 0. The normalized spacial score (nSPS) is 10.2. The van der Waals surface area contributed by atoms with Crippen LogP contribution >= 0.6 is 0 Å². The highest BCUT2D eigenvalue weighted by Gasteiger charge is 2.06. The standard InChI is InChI=1S/C22H19FN2/c1-3-5-16-14-24-22(25-15-16)19-10-7-17(8-11-19)20-12-9-18(6-4-2)21(23)13-20/h7-15H,4,6H2,1-2H3. The number of aryl methyl sites for hydroxylation is 1. The van der Waals surface area contributed by atoms with Crippen molar-refractivity contribution in [3.8, 4) is 34.4 Å². The largest absolute Gasteiger partial charge is 0.235 e. The lowest BCUT2D eigenvalue weighted by molar-refractivity contribution is 0.608. The second kappa shape index (κ2) is 7.72. The average molecular weight is 330 g/mol. The van der Waals surface area contributed by atoms with E-state index in [2.05, 4.69) is 28.7 Å². The fourth-order valence-corrected chi connectivity index (χ4v) is 2.70. The zero-order chi connectivity index (χ0) is 17.6. The molecule has 3 rings (SSSR count). The molecule has 1 aromatic heterocycles. The summed E-state index contributed by atoms with van der Waals surface area (Å²) < 4.78 is 14.1. The van der Waals surface area contributed by atoms with Gasteiger partial charge in [-0.3, -0.25) is 0 Å². The van der Waals surface area contributed by atoms with Crippen LogP contribution in [-0.2, 0) is 6.42 Å². The first-order valence-corrected chi connectivity index (χ1v) is 8.35. The summed E-state index contributed by atoms with van der Waals surface area (Å²) in [6.45, 7) is 3.83. The lowest BCUT2D eigenvalue weighted by Crippen LogP contribution is -1.91. The van der Waals surface area contributed by atoms with Crippen molar-refractivity contribution < 1.29 is 4.39 Å². The number of benzene rings is 2. The minimum absolute atomic E-state index is 0.139. The molecule has 0 unspecified atom stereocenters. The van der Waals surface area contributed by atoms with Crippen LogP contribution in [0.3, 0.4) is 0 Å². The van der Waals surface area contributed by atoms with Gasteiger partial charge in [-0.05, 0) is 36.1 Å². The van der Waals surface area contributed by atoms with Crippen LogP contribution in [0.4, 0.5) is 4.39 Å². The Labute approximate surface area is 147 Å². The molecule has 3 aromatic rings. The van der Waals surface area contributed by atoms with Gasteiger partial charge >= 0.3 is 0 Å². The van der Waals surface area contributed by atoms with Gasteiger partial charge in [-0.1, -0.05) is 55.7 Å². The molecule has 0 spiro atoms. The first kappa shape index (κ1) is 16.9. The molecule has 0 bridgehead atoms. The molecule has 0 fully saturated rings. The Kier molecular flexibility index (Phi) is 5.20. The van der Waals surface area contributed by atoms with E-state index < -0.39 is 0 Å². The lowest BCUT2D eigenvalue weighted by Gasteiger charge is -2.07. The molecule has 0 saturated carbocycles. The highest BCUT2D eigenvalue weighted by atomic mass is 19.1. The molecule has 2 aromatic carbocycles. The van der Waals surface area contributed by atoms with Crippen LogP contribution in [0.2, 0.25) is 0 Å². The third kappa shape index (κ3) is 3.92. The molecule has 0 aliphatic rings. The van der Waals surface area contributed by atoms with Crippen molar-refractivity contribution in [3.05, 3.63) is 71.8 Å². The zero-order valence-electron chi connectivity index (χ0n) is 14.4. The van der Waals surface area contributed by atoms with Gasteiger partial charge in [0, 0.05) is 18.0 Å². The van der Waals surface area contributed by atoms with Gasteiger partial charge in [0.2, 0.25) is 0 Å². The summed E-state index contributed by atoms with van der Waals surface area (Å²) in [5, 5.41) is 0. The topological polar surface area (TPSA) is 25.8 Å². The van der Waals surface area contributed by atoms with E-state index in [0.29, 0.717) is 5.82 Å². The molecular formula is C22H19FN2. The predicted molar refractivity (Wildman–Crippen MR) is 99.4 cm³/mol. The number of nitrogens with zero attached hydrogens (tertiary/aromatic N) is 2. The summed E-state index contributed by atoms with van der Waals surface area (Å²) in [6, 6.07) is 13.3. The molecule has 0 saturated heterocycles. The molecule has 124 valence electrons. The third-order valence-corrected chi connectivity index (χ3v) is 3.97. The molecule has 2 nitrogen and oxygen atoms in total. The molecule has 0 amide bonds. The zero-order valence-corrected chi connectivity index (χ0v) is 14.4. The van der Waals surface area contributed by atoms with E-state index in [1.807, 2.05) is 36.4 Å². The van der Waals surface area contributed by atoms with E-state index in [-0.39, 0.29) is 5.82 Å². The van der Waals surface area contributed by atoms with Gasteiger partial charge in [-0.25, -0.2) is 14.4 Å². The van der Waals surface area contributed by atoms with Crippen LogP contribution in [0.1, 0.15) is 31.4 Å². The van der Waals surface area contributed by atoms with Gasteiger partial charge in [0.15, 0.2) is 5.82 Å². The van der Waals surface area contributed by atoms with E-state index in [1.165, 1.54) is 0 Å². The van der Waals surface area contributed by atoms with Crippen LogP contribution in [0.15, 0.2) is 54.9 Å². The highest BCUT2D eigenvalue weighted by Crippen LogP contribution is 2.25. The maximum absolute atomic E-state index is 14.1. The molecule has 0 aliphatic carbocycles. The fraction of sp³-hybridized carbons (Fsp3) is 0.182. The Balaban J connectivity index is 1.84. The van der Waals surface area contributed by atoms with Crippen molar-refractivity contribution in [2.75, 3.05) is 0 Å². The number of halogens is 1. The lowest BCUT2D eigenvalue weighted by atomic mass is 10.0. The van der Waals surface area contributed by atoms with Gasteiger partial charge in [0.1, 0.15) is 5.82 Å². The minimum Gasteiger partial charge on any atom is -0.235 e. The van der Waals surface area contributed by atoms with E-state index in [4.69, 9.17) is 0 Å². The SMILES string of the molecule is CC#Cc1cnc(-c2ccc(-c3ccc(CCC)c(F)c3)cc2)nc1. The molecular weight excluding hydrogens is 311 g/mol. The van der Waals surface area contributed by atoms with Gasteiger partial charge in [-0.15, -0.1) is 5.92 Å². The highest BCUT2D eigenvalue weighted by molar-refractivity contribution is 5.68. The maximum atomic E-state index is 14.1. The van der Waals surface area contributed by atoms with E-state index in [0.717, 1.165) is 40.7 Å². The molecule has 0 aliphatic heterocycles. The monoisotopic (exact) mass is 330 g/mol. The summed E-state index contributed by atoms with van der Waals surface area (Å²) >= 11 is 0. The van der Waals surface area contributed by atoms with Crippen LogP contribution in [0.25, 0.3) is 22.5 Å². The van der Waals surface area contributed by atoms with Crippen molar-refractivity contribution in [1.82, 2.24) is 9.97 Å². The Morgan fingerprint density at radius 2 is 1.56 bits per heavy atom. The smallest absolute Gasteiger partial charge is 0.159 e. The summed E-state index contributed by atoms with van der Waals surface area (Å²) in [5.41, 5.74) is 4.33. The number of hydrogen-bond acceptors (Lipinski definition) is 2. The van der Waals surface area contributed by atoms with Gasteiger partial charge < -0.3 is 0 Å². The van der Waals surface area contributed by atoms with Crippen molar-refractivity contribution >= 4 is 0 Å². The average Bonchev–Trinajstić information content (AvgIpc) is 2.65. The third-order valence-electron chi connectivity index (χ3n) is 3.97. The van der Waals surface area contributed by atoms with Crippen molar-refractivity contribution in [3.63, 3.8) is 0 Å². The van der Waals surface area contributed by atoms with E-state index in [9.17, 15) is 4.39 Å². The quantitative estimate of drug-likeness (QED) is 0.609. The van der Waals surface area contributed by atoms with Gasteiger partial charge in [0.25, 0.3) is 0 Å². The molecule has 3 heteroatoms. The second-order valence-electron chi connectivity index (χ2n) is 5.80. The maximum Gasteiger partial charge on any atom is 0.159 e. The van der Waals surface area contributed by atoms with E-state index in [1.54, 1.807) is 25.4 Å². The Morgan fingerprint density at radius 1 is 0.920 bits per heavy atom. The summed E-state index contributed by atoms with van der Waals surface area (Å²) in [6.07, 6.45) is 5.14. The van der Waals surface area contributed by atoms with Gasteiger partial charge in [-0.2, -0.15) is 0 Å². The molecule has 1 heterocycles. The summed E-state index contributed by atoms with van der Waals surface area (Å²) in [4.78, 5) is 8.69. The second-order valence-corrected chi connectivity index (χ2v) is 5.80. The molecule has 0 N–H and O–H groups in total. The Hall–Kier alpha value is -2.99. The minimum atomic E-state index is -0.139. The number of rotatable bonds is 4. The first-order chi connectivity index (χ1) is 12.2. The Bertz CT molecular complexity index is 917. The van der Waals surface area contributed by atoms with Crippen LogP contribution in [0.5, 0.6) is 0 Å². The van der Waals surface area contributed by atoms with Crippen molar-refractivity contribution in [2.24, 2.45) is 0 Å². The van der Waals surface area contributed by atoms with Crippen LogP contribution < -0.4 is 0 Å².